The molecule has 0 bridgehead atoms. The normalized spacial score (nSPS) is 17.8. The molecule has 1 unspecified atom stereocenters. The molecule has 0 saturated carbocycles. The third-order valence-electron chi connectivity index (χ3n) is 3.05. The zero-order chi connectivity index (χ0) is 15.4. The van der Waals surface area contributed by atoms with E-state index in [2.05, 4.69) is 16.0 Å². The van der Waals surface area contributed by atoms with Gasteiger partial charge in [-0.1, -0.05) is 11.6 Å². The van der Waals surface area contributed by atoms with Crippen molar-refractivity contribution in [2.75, 3.05) is 11.9 Å². The number of benzene rings is 1. The third-order valence-corrected chi connectivity index (χ3v) is 3.38. The summed E-state index contributed by atoms with van der Waals surface area (Å²) in [6, 6.07) is 2.77. The van der Waals surface area contributed by atoms with E-state index in [1.807, 2.05) is 0 Å². The number of urea groups is 1. The third kappa shape index (κ3) is 3.85. The van der Waals surface area contributed by atoms with E-state index in [-0.39, 0.29) is 22.2 Å². The lowest BCUT2D eigenvalue weighted by Crippen LogP contribution is -2.51. The Kier molecular flexibility index (Phi) is 4.64. The monoisotopic (exact) mass is 311 g/mol. The number of carbonyl (C=O) groups excluding carboxylic acids is 2. The van der Waals surface area contributed by atoms with Crippen molar-refractivity contribution in [2.45, 2.75) is 18.9 Å². The number of carboxylic acids is 1. The Labute approximate surface area is 125 Å². The zero-order valence-electron chi connectivity index (χ0n) is 11.0. The van der Waals surface area contributed by atoms with Gasteiger partial charge in [-0.05, 0) is 31.0 Å². The Morgan fingerprint density at radius 2 is 2.14 bits per heavy atom. The van der Waals surface area contributed by atoms with Gasteiger partial charge in [-0.3, -0.25) is 4.79 Å². The molecule has 4 N–H and O–H groups in total. The molecule has 2 rings (SSSR count). The van der Waals surface area contributed by atoms with E-state index in [0.717, 1.165) is 6.42 Å². The average Bonchev–Trinajstić information content (AvgIpc) is 2.43. The van der Waals surface area contributed by atoms with E-state index in [1.54, 1.807) is 0 Å². The number of aromatic carboxylic acids is 1. The highest BCUT2D eigenvalue weighted by Crippen LogP contribution is 2.23. The number of piperidine rings is 1. The Bertz CT molecular complexity index is 591. The van der Waals surface area contributed by atoms with Crippen molar-refractivity contribution < 1.29 is 19.5 Å². The van der Waals surface area contributed by atoms with Crippen molar-refractivity contribution in [2.24, 2.45) is 0 Å². The molecule has 1 fully saturated rings. The molecule has 1 saturated heterocycles. The molecule has 112 valence electrons. The summed E-state index contributed by atoms with van der Waals surface area (Å²) in [6.07, 6.45) is 1.34. The molecule has 3 amide bonds. The number of carboxylic acid groups (broad SMARTS) is 1. The van der Waals surface area contributed by atoms with Gasteiger partial charge < -0.3 is 21.1 Å². The van der Waals surface area contributed by atoms with Crippen molar-refractivity contribution in [1.29, 1.82) is 0 Å². The van der Waals surface area contributed by atoms with Gasteiger partial charge in [-0.2, -0.15) is 0 Å². The van der Waals surface area contributed by atoms with E-state index in [1.165, 1.54) is 18.2 Å². The zero-order valence-corrected chi connectivity index (χ0v) is 11.7. The van der Waals surface area contributed by atoms with Crippen LogP contribution in [0.15, 0.2) is 18.2 Å². The molecule has 1 aliphatic heterocycles. The molecule has 1 aliphatic rings. The van der Waals surface area contributed by atoms with Crippen LogP contribution in [0.3, 0.4) is 0 Å². The second kappa shape index (κ2) is 6.45. The van der Waals surface area contributed by atoms with Crippen LogP contribution >= 0.6 is 11.6 Å². The minimum Gasteiger partial charge on any atom is -0.478 e. The van der Waals surface area contributed by atoms with Crippen LogP contribution in [-0.4, -0.2) is 35.6 Å². The van der Waals surface area contributed by atoms with Crippen LogP contribution in [0.2, 0.25) is 5.02 Å². The fraction of sp³-hybridized carbons (Fsp3) is 0.308. The summed E-state index contributed by atoms with van der Waals surface area (Å²) in [5.41, 5.74) is 0.176. The molecule has 1 atom stereocenters. The minimum absolute atomic E-state index is 0.00473. The highest BCUT2D eigenvalue weighted by Gasteiger charge is 2.23. The molecule has 1 aromatic rings. The van der Waals surface area contributed by atoms with Gasteiger partial charge in [0.1, 0.15) is 6.04 Å². The highest BCUT2D eigenvalue weighted by molar-refractivity contribution is 6.33. The molecule has 1 aromatic carbocycles. The number of anilines is 1. The molecule has 7 nitrogen and oxygen atoms in total. The van der Waals surface area contributed by atoms with Gasteiger partial charge in [0, 0.05) is 6.54 Å². The lowest BCUT2D eigenvalue weighted by atomic mass is 10.1. The SMILES string of the molecule is O=C(Nc1cc(C(=O)O)ccc1Cl)NC1CCCNC1=O. The maximum atomic E-state index is 11.9. The van der Waals surface area contributed by atoms with Gasteiger partial charge in [0.2, 0.25) is 5.91 Å². The predicted octanol–water partition coefficient (Wildman–Crippen LogP) is 1.44. The van der Waals surface area contributed by atoms with Crippen LogP contribution in [0.5, 0.6) is 0 Å². The first-order valence-electron chi connectivity index (χ1n) is 6.35. The number of hydrogen-bond donors (Lipinski definition) is 4. The van der Waals surface area contributed by atoms with Gasteiger partial charge in [0.05, 0.1) is 16.3 Å². The maximum absolute atomic E-state index is 11.9. The molecular weight excluding hydrogens is 298 g/mol. The van der Waals surface area contributed by atoms with Crippen molar-refractivity contribution in [3.63, 3.8) is 0 Å². The molecule has 0 spiro atoms. The van der Waals surface area contributed by atoms with Crippen molar-refractivity contribution in [3.05, 3.63) is 28.8 Å². The largest absolute Gasteiger partial charge is 0.478 e. The molecule has 1 heterocycles. The Balaban J connectivity index is 2.03. The summed E-state index contributed by atoms with van der Waals surface area (Å²) in [5, 5.41) is 16.7. The average molecular weight is 312 g/mol. The van der Waals surface area contributed by atoms with Crippen molar-refractivity contribution in [3.8, 4) is 0 Å². The van der Waals surface area contributed by atoms with Crippen LogP contribution in [0.1, 0.15) is 23.2 Å². The van der Waals surface area contributed by atoms with Crippen molar-refractivity contribution >= 4 is 35.2 Å². The second-order valence-electron chi connectivity index (χ2n) is 4.58. The number of hydrogen-bond acceptors (Lipinski definition) is 3. The summed E-state index contributed by atoms with van der Waals surface area (Å²) in [6.45, 7) is 0.602. The Morgan fingerprint density at radius 3 is 2.81 bits per heavy atom. The topological polar surface area (TPSA) is 108 Å². The van der Waals surface area contributed by atoms with Gasteiger partial charge in [-0.15, -0.1) is 0 Å². The van der Waals surface area contributed by atoms with Crippen LogP contribution in [0.4, 0.5) is 10.5 Å². The van der Waals surface area contributed by atoms with Crippen LogP contribution in [-0.2, 0) is 4.79 Å². The number of halogens is 1. The summed E-state index contributed by atoms with van der Waals surface area (Å²) >= 11 is 5.90. The number of carbonyl (C=O) groups is 3. The molecule has 0 aromatic heterocycles. The van der Waals surface area contributed by atoms with E-state index >= 15 is 0 Å². The van der Waals surface area contributed by atoms with E-state index in [0.29, 0.717) is 13.0 Å². The molecule has 0 radical (unpaired) electrons. The molecule has 8 heteroatoms. The van der Waals surface area contributed by atoms with Crippen LogP contribution in [0.25, 0.3) is 0 Å². The van der Waals surface area contributed by atoms with Crippen LogP contribution < -0.4 is 16.0 Å². The molecular formula is C13H14ClN3O4. The second-order valence-corrected chi connectivity index (χ2v) is 4.99. The fourth-order valence-electron chi connectivity index (χ4n) is 1.98. The number of amides is 3. The lowest BCUT2D eigenvalue weighted by molar-refractivity contribution is -0.124. The number of nitrogens with one attached hydrogen (secondary N) is 3. The van der Waals surface area contributed by atoms with E-state index in [9.17, 15) is 14.4 Å². The standard InChI is InChI=1S/C13H14ClN3O4/c14-8-4-3-7(12(19)20)6-10(8)17-13(21)16-9-2-1-5-15-11(9)18/h3-4,6,9H,1-2,5H2,(H,15,18)(H,19,20)(H2,16,17,21). The summed E-state index contributed by atoms with van der Waals surface area (Å²) in [7, 11) is 0. The van der Waals surface area contributed by atoms with Crippen LogP contribution in [0, 0.1) is 0 Å². The fourth-order valence-corrected chi connectivity index (χ4v) is 2.15. The molecule has 21 heavy (non-hydrogen) atoms. The Hall–Kier alpha value is -2.28. The first-order valence-corrected chi connectivity index (χ1v) is 6.73. The minimum atomic E-state index is -1.12. The van der Waals surface area contributed by atoms with Crippen molar-refractivity contribution in [1.82, 2.24) is 10.6 Å². The smallest absolute Gasteiger partial charge is 0.335 e. The van der Waals surface area contributed by atoms with Gasteiger partial charge in [-0.25, -0.2) is 9.59 Å². The van der Waals surface area contributed by atoms with E-state index in [4.69, 9.17) is 16.7 Å². The quantitative estimate of drug-likeness (QED) is 0.677. The maximum Gasteiger partial charge on any atom is 0.335 e. The predicted molar refractivity (Wildman–Crippen MR) is 76.6 cm³/mol. The summed E-state index contributed by atoms with van der Waals surface area (Å²) < 4.78 is 0. The van der Waals surface area contributed by atoms with Gasteiger partial charge in [0.15, 0.2) is 0 Å². The first-order chi connectivity index (χ1) is 9.97. The van der Waals surface area contributed by atoms with Gasteiger partial charge >= 0.3 is 12.0 Å². The van der Waals surface area contributed by atoms with Gasteiger partial charge in [0.25, 0.3) is 0 Å². The summed E-state index contributed by atoms with van der Waals surface area (Å²) in [4.78, 5) is 34.3. The van der Waals surface area contributed by atoms with E-state index < -0.39 is 18.0 Å². The number of rotatable bonds is 3. The first kappa shape index (κ1) is 15.1. The Morgan fingerprint density at radius 1 is 1.38 bits per heavy atom. The summed E-state index contributed by atoms with van der Waals surface area (Å²) in [5.74, 6) is -1.36. The lowest BCUT2D eigenvalue weighted by Gasteiger charge is -2.23. The molecule has 0 aliphatic carbocycles. The highest BCUT2D eigenvalue weighted by atomic mass is 35.5.